The predicted octanol–water partition coefficient (Wildman–Crippen LogP) is 3.21. The van der Waals surface area contributed by atoms with Crippen molar-refractivity contribution in [3.63, 3.8) is 0 Å². The summed E-state index contributed by atoms with van der Waals surface area (Å²) < 4.78 is 0. The number of hydrogen-bond donors (Lipinski definition) is 3. The van der Waals surface area contributed by atoms with Crippen LogP contribution in [0.3, 0.4) is 0 Å². The smallest absolute Gasteiger partial charge is 0.404 e. The van der Waals surface area contributed by atoms with Crippen molar-refractivity contribution in [1.29, 1.82) is 0 Å². The Balaban J connectivity index is 1.62. The molecule has 1 atom stereocenters. The summed E-state index contributed by atoms with van der Waals surface area (Å²) >= 11 is 1.63. The quantitative estimate of drug-likeness (QED) is 0.708. The van der Waals surface area contributed by atoms with E-state index >= 15 is 0 Å². The van der Waals surface area contributed by atoms with Crippen LogP contribution in [0.2, 0.25) is 0 Å². The Morgan fingerprint density at radius 3 is 2.61 bits per heavy atom. The number of aliphatic hydroxyl groups is 1. The van der Waals surface area contributed by atoms with Crippen LogP contribution in [0.5, 0.6) is 0 Å². The zero-order valence-electron chi connectivity index (χ0n) is 16.6. The number of nitrogens with zero attached hydrogens (tertiary/aromatic N) is 3. The molecule has 1 aliphatic heterocycles. The van der Waals surface area contributed by atoms with Crippen LogP contribution in [0.15, 0.2) is 30.6 Å². The number of hydrogen-bond acceptors (Lipinski definition) is 6. The van der Waals surface area contributed by atoms with Gasteiger partial charge in [0.1, 0.15) is 5.01 Å². The van der Waals surface area contributed by atoms with Gasteiger partial charge in [-0.3, -0.25) is 9.88 Å². The molecule has 2 aromatic heterocycles. The monoisotopic (exact) mass is 404 g/mol. The Bertz CT molecular complexity index is 795. The number of piperidine rings is 1. The first kappa shape index (κ1) is 20.7. The molecule has 152 valence electrons. The predicted molar refractivity (Wildman–Crippen MR) is 109 cm³/mol. The van der Waals surface area contributed by atoms with E-state index in [9.17, 15) is 15.0 Å². The van der Waals surface area contributed by atoms with E-state index < -0.39 is 17.7 Å². The first-order valence-corrected chi connectivity index (χ1v) is 10.3. The minimum Gasteiger partial charge on any atom is -0.465 e. The highest BCUT2D eigenvalue weighted by molar-refractivity contribution is 7.14. The normalized spacial score (nSPS) is 18.6. The highest BCUT2D eigenvalue weighted by atomic mass is 32.1. The fraction of sp³-hybridized carbons (Fsp3) is 0.550. The molecule has 1 aliphatic rings. The zero-order valence-corrected chi connectivity index (χ0v) is 17.4. The molecule has 8 heteroatoms. The first-order chi connectivity index (χ1) is 13.2. The van der Waals surface area contributed by atoms with E-state index in [1.165, 1.54) is 0 Å². The Hall–Kier alpha value is -2.03. The Morgan fingerprint density at radius 2 is 2.04 bits per heavy atom. The van der Waals surface area contributed by atoms with Gasteiger partial charge in [-0.1, -0.05) is 26.8 Å². The standard InChI is InChI=1S/C20H28N4O3S/c1-19(2,3)17(23-18(25)26)20(27)7-10-24(11-8-20)13-14-12-22-16(28-14)15-6-4-5-9-21-15/h4-6,9,12,17,23,27H,7-8,10-11,13H2,1-3H3,(H,25,26). The van der Waals surface area contributed by atoms with Crippen LogP contribution in [0.4, 0.5) is 4.79 Å². The van der Waals surface area contributed by atoms with Crippen molar-refractivity contribution in [1.82, 2.24) is 20.2 Å². The zero-order chi connectivity index (χ0) is 20.4. The minimum absolute atomic E-state index is 0.370. The average Bonchev–Trinajstić information content (AvgIpc) is 3.10. The van der Waals surface area contributed by atoms with E-state index in [4.69, 9.17) is 0 Å². The highest BCUT2D eigenvalue weighted by Gasteiger charge is 2.46. The molecule has 0 aliphatic carbocycles. The van der Waals surface area contributed by atoms with Crippen molar-refractivity contribution in [2.45, 2.75) is 51.8 Å². The molecule has 3 heterocycles. The molecule has 2 aromatic rings. The van der Waals surface area contributed by atoms with Gasteiger partial charge in [-0.2, -0.15) is 0 Å². The highest BCUT2D eigenvalue weighted by Crippen LogP contribution is 2.36. The van der Waals surface area contributed by atoms with Crippen LogP contribution >= 0.6 is 11.3 Å². The van der Waals surface area contributed by atoms with Crippen molar-refractivity contribution in [3.8, 4) is 10.7 Å². The topological polar surface area (TPSA) is 98.6 Å². The lowest BCUT2D eigenvalue weighted by atomic mass is 9.72. The lowest BCUT2D eigenvalue weighted by molar-refractivity contribution is -0.0764. The van der Waals surface area contributed by atoms with E-state index in [0.29, 0.717) is 25.9 Å². The Morgan fingerprint density at radius 1 is 1.32 bits per heavy atom. The van der Waals surface area contributed by atoms with Gasteiger partial charge < -0.3 is 15.5 Å². The van der Waals surface area contributed by atoms with Gasteiger partial charge in [0.2, 0.25) is 0 Å². The molecule has 1 saturated heterocycles. The van der Waals surface area contributed by atoms with Crippen molar-refractivity contribution < 1.29 is 15.0 Å². The molecule has 0 spiro atoms. The van der Waals surface area contributed by atoms with Crippen molar-refractivity contribution in [2.24, 2.45) is 5.41 Å². The molecular weight excluding hydrogens is 376 g/mol. The maximum absolute atomic E-state index is 11.2. The van der Waals surface area contributed by atoms with E-state index in [1.807, 2.05) is 45.2 Å². The summed E-state index contributed by atoms with van der Waals surface area (Å²) in [6, 6.07) is 5.27. The molecule has 28 heavy (non-hydrogen) atoms. The second kappa shape index (κ2) is 8.14. The Kier molecular flexibility index (Phi) is 6.02. The van der Waals surface area contributed by atoms with Gasteiger partial charge >= 0.3 is 6.09 Å². The number of amides is 1. The SMILES string of the molecule is CC(C)(C)C(NC(=O)O)C1(O)CCN(Cc2cnc(-c3ccccn3)s2)CC1. The second-order valence-electron chi connectivity index (χ2n) is 8.47. The number of pyridine rings is 1. The van der Waals surface area contributed by atoms with Gasteiger partial charge in [-0.25, -0.2) is 9.78 Å². The summed E-state index contributed by atoms with van der Waals surface area (Å²) in [4.78, 5) is 23.5. The summed E-state index contributed by atoms with van der Waals surface area (Å²) in [5.74, 6) is 0. The lowest BCUT2D eigenvalue weighted by Crippen LogP contribution is -2.62. The summed E-state index contributed by atoms with van der Waals surface area (Å²) in [6.07, 6.45) is 3.61. The van der Waals surface area contributed by atoms with E-state index in [0.717, 1.165) is 22.1 Å². The second-order valence-corrected chi connectivity index (χ2v) is 9.59. The molecule has 0 radical (unpaired) electrons. The molecule has 0 saturated carbocycles. The third-order valence-electron chi connectivity index (χ3n) is 5.21. The molecule has 1 fully saturated rings. The third-order valence-corrected chi connectivity index (χ3v) is 6.21. The molecule has 1 unspecified atom stereocenters. The molecule has 3 rings (SSSR count). The van der Waals surface area contributed by atoms with E-state index in [1.54, 1.807) is 17.5 Å². The van der Waals surface area contributed by atoms with Gasteiger partial charge in [-0.05, 0) is 30.4 Å². The van der Waals surface area contributed by atoms with Crippen LogP contribution in [0.1, 0.15) is 38.5 Å². The molecule has 3 N–H and O–H groups in total. The van der Waals surface area contributed by atoms with Gasteiger partial charge in [0.15, 0.2) is 0 Å². The van der Waals surface area contributed by atoms with Crippen molar-refractivity contribution >= 4 is 17.4 Å². The maximum Gasteiger partial charge on any atom is 0.404 e. The van der Waals surface area contributed by atoms with E-state index in [2.05, 4.69) is 20.2 Å². The van der Waals surface area contributed by atoms with Crippen LogP contribution < -0.4 is 5.32 Å². The lowest BCUT2D eigenvalue weighted by Gasteiger charge is -2.47. The number of rotatable bonds is 5. The van der Waals surface area contributed by atoms with Crippen molar-refractivity contribution in [3.05, 3.63) is 35.5 Å². The summed E-state index contributed by atoms with van der Waals surface area (Å²) in [7, 11) is 0. The number of thiazole rings is 1. The number of nitrogens with one attached hydrogen (secondary N) is 1. The molecule has 1 amide bonds. The van der Waals surface area contributed by atoms with Crippen LogP contribution in [0.25, 0.3) is 10.7 Å². The minimum atomic E-state index is -1.09. The van der Waals surface area contributed by atoms with Gasteiger partial charge in [0.25, 0.3) is 0 Å². The van der Waals surface area contributed by atoms with Gasteiger partial charge in [0, 0.05) is 36.9 Å². The molecule has 0 bridgehead atoms. The summed E-state index contributed by atoms with van der Waals surface area (Å²) in [6.45, 7) is 8.05. The Labute approximate surface area is 169 Å². The fourth-order valence-electron chi connectivity index (χ4n) is 3.88. The molecule has 7 nitrogen and oxygen atoms in total. The maximum atomic E-state index is 11.2. The fourth-order valence-corrected chi connectivity index (χ4v) is 4.81. The molecule has 0 aromatic carbocycles. The number of carbonyl (C=O) groups is 1. The van der Waals surface area contributed by atoms with Gasteiger partial charge in [-0.15, -0.1) is 11.3 Å². The number of likely N-dealkylation sites (tertiary alicyclic amines) is 1. The van der Waals surface area contributed by atoms with Gasteiger partial charge in [0.05, 0.1) is 17.3 Å². The van der Waals surface area contributed by atoms with Crippen LogP contribution in [-0.2, 0) is 6.54 Å². The number of carboxylic acid groups (broad SMARTS) is 1. The van der Waals surface area contributed by atoms with E-state index in [-0.39, 0.29) is 5.41 Å². The molecular formula is C20H28N4O3S. The third kappa shape index (κ3) is 4.87. The summed E-state index contributed by atoms with van der Waals surface area (Å²) in [5.41, 5.74) is -0.538. The number of aromatic nitrogens is 2. The van der Waals surface area contributed by atoms with Crippen LogP contribution in [-0.4, -0.2) is 55.9 Å². The first-order valence-electron chi connectivity index (χ1n) is 9.48. The van der Waals surface area contributed by atoms with Crippen LogP contribution in [0, 0.1) is 5.41 Å². The van der Waals surface area contributed by atoms with Crippen molar-refractivity contribution in [2.75, 3.05) is 13.1 Å². The largest absolute Gasteiger partial charge is 0.465 e. The average molecular weight is 405 g/mol. The summed E-state index contributed by atoms with van der Waals surface area (Å²) in [5, 5.41) is 23.8.